The van der Waals surface area contributed by atoms with Crippen LogP contribution in [0, 0.1) is 13.8 Å². The number of nitrogens with zero attached hydrogens (tertiary/aromatic N) is 2. The van der Waals surface area contributed by atoms with E-state index in [-0.39, 0.29) is 17.4 Å². The molecule has 1 saturated heterocycles. The van der Waals surface area contributed by atoms with Gasteiger partial charge < -0.3 is 10.2 Å². The molecule has 2 aromatic rings. The first-order valence-corrected chi connectivity index (χ1v) is 9.62. The molecule has 1 amide bonds. The predicted molar refractivity (Wildman–Crippen MR) is 104 cm³/mol. The van der Waals surface area contributed by atoms with E-state index in [9.17, 15) is 4.79 Å². The largest absolute Gasteiger partial charge is 0.356 e. The van der Waals surface area contributed by atoms with Crippen LogP contribution >= 0.6 is 0 Å². The first-order chi connectivity index (χ1) is 12.6. The van der Waals surface area contributed by atoms with Crippen molar-refractivity contribution in [3.05, 3.63) is 59.3 Å². The number of hydrogen-bond acceptors (Lipinski definition) is 3. The van der Waals surface area contributed by atoms with E-state index in [1.54, 1.807) is 0 Å². The Morgan fingerprint density at radius 2 is 1.81 bits per heavy atom. The van der Waals surface area contributed by atoms with E-state index in [0.29, 0.717) is 0 Å². The molecule has 4 nitrogen and oxygen atoms in total. The SMILES string of the molecule is Cc1cc(C)cc(C2(C(=O)NC3CCN(c4ccccn4)CC3)CC2)c1. The maximum absolute atomic E-state index is 13.0. The van der Waals surface area contributed by atoms with Gasteiger partial charge in [-0.25, -0.2) is 4.98 Å². The van der Waals surface area contributed by atoms with Crippen molar-refractivity contribution in [3.63, 3.8) is 0 Å². The smallest absolute Gasteiger partial charge is 0.230 e. The maximum Gasteiger partial charge on any atom is 0.230 e. The Morgan fingerprint density at radius 3 is 2.38 bits per heavy atom. The van der Waals surface area contributed by atoms with Crippen LogP contribution in [0.15, 0.2) is 42.6 Å². The van der Waals surface area contributed by atoms with Gasteiger partial charge in [-0.05, 0) is 57.2 Å². The molecule has 2 fully saturated rings. The molecule has 0 unspecified atom stereocenters. The van der Waals surface area contributed by atoms with Gasteiger partial charge in [-0.15, -0.1) is 0 Å². The zero-order valence-corrected chi connectivity index (χ0v) is 15.7. The second kappa shape index (κ2) is 6.75. The summed E-state index contributed by atoms with van der Waals surface area (Å²) >= 11 is 0. The van der Waals surface area contributed by atoms with Crippen LogP contribution in [-0.4, -0.2) is 30.0 Å². The lowest BCUT2D eigenvalue weighted by molar-refractivity contribution is -0.124. The third-order valence-corrected chi connectivity index (χ3v) is 5.76. The molecule has 0 spiro atoms. The zero-order chi connectivity index (χ0) is 18.1. The number of hydrogen-bond donors (Lipinski definition) is 1. The number of rotatable bonds is 4. The molecule has 2 aliphatic rings. The molecule has 2 heterocycles. The van der Waals surface area contributed by atoms with Crippen molar-refractivity contribution in [2.45, 2.75) is 51.0 Å². The van der Waals surface area contributed by atoms with E-state index in [1.165, 1.54) is 16.7 Å². The summed E-state index contributed by atoms with van der Waals surface area (Å²) in [4.78, 5) is 19.8. The molecule has 26 heavy (non-hydrogen) atoms. The fraction of sp³-hybridized carbons (Fsp3) is 0.455. The molecule has 0 bridgehead atoms. The second-order valence-corrected chi connectivity index (χ2v) is 7.88. The molecule has 4 heteroatoms. The Balaban J connectivity index is 1.38. The van der Waals surface area contributed by atoms with Crippen LogP contribution in [0.2, 0.25) is 0 Å². The van der Waals surface area contributed by atoms with E-state index >= 15 is 0 Å². The average Bonchev–Trinajstić information content (AvgIpc) is 3.44. The first kappa shape index (κ1) is 17.1. The lowest BCUT2D eigenvalue weighted by Crippen LogP contribution is -2.47. The zero-order valence-electron chi connectivity index (χ0n) is 15.7. The number of carbonyl (C=O) groups is 1. The first-order valence-electron chi connectivity index (χ1n) is 9.62. The van der Waals surface area contributed by atoms with Crippen molar-refractivity contribution in [1.29, 1.82) is 0 Å². The Kier molecular flexibility index (Phi) is 4.43. The molecule has 1 N–H and O–H groups in total. The summed E-state index contributed by atoms with van der Waals surface area (Å²) in [6.45, 7) is 6.10. The summed E-state index contributed by atoms with van der Waals surface area (Å²) in [5, 5.41) is 3.35. The van der Waals surface area contributed by atoms with E-state index in [4.69, 9.17) is 0 Å². The van der Waals surface area contributed by atoms with Gasteiger partial charge in [0.15, 0.2) is 0 Å². The Labute approximate surface area is 155 Å². The molecule has 1 aliphatic heterocycles. The normalized spacial score (nSPS) is 19.2. The number of benzene rings is 1. The molecule has 1 aromatic heterocycles. The predicted octanol–water partition coefficient (Wildman–Crippen LogP) is 3.52. The number of carbonyl (C=O) groups excluding carboxylic acids is 1. The molecule has 1 aromatic carbocycles. The van der Waals surface area contributed by atoms with Gasteiger partial charge in [0.1, 0.15) is 5.82 Å². The Bertz CT molecular complexity index is 770. The third-order valence-electron chi connectivity index (χ3n) is 5.76. The van der Waals surface area contributed by atoms with Crippen molar-refractivity contribution in [2.75, 3.05) is 18.0 Å². The minimum absolute atomic E-state index is 0.221. The minimum atomic E-state index is -0.283. The highest BCUT2D eigenvalue weighted by molar-refractivity contribution is 5.91. The number of anilines is 1. The lowest BCUT2D eigenvalue weighted by Gasteiger charge is -2.34. The fourth-order valence-corrected chi connectivity index (χ4v) is 4.14. The van der Waals surface area contributed by atoms with Crippen LogP contribution in [0.4, 0.5) is 5.82 Å². The topological polar surface area (TPSA) is 45.2 Å². The molecular formula is C22H27N3O. The number of amides is 1. The summed E-state index contributed by atoms with van der Waals surface area (Å²) in [5.41, 5.74) is 3.39. The summed E-state index contributed by atoms with van der Waals surface area (Å²) < 4.78 is 0. The van der Waals surface area contributed by atoms with Gasteiger partial charge in [0.05, 0.1) is 5.41 Å². The average molecular weight is 349 g/mol. The van der Waals surface area contributed by atoms with Gasteiger partial charge in [-0.2, -0.15) is 0 Å². The quantitative estimate of drug-likeness (QED) is 0.919. The number of aromatic nitrogens is 1. The van der Waals surface area contributed by atoms with Crippen LogP contribution in [0.25, 0.3) is 0 Å². The van der Waals surface area contributed by atoms with Crippen molar-refractivity contribution in [1.82, 2.24) is 10.3 Å². The number of pyridine rings is 1. The third kappa shape index (κ3) is 3.33. The molecule has 1 saturated carbocycles. The molecule has 136 valence electrons. The lowest BCUT2D eigenvalue weighted by atomic mass is 9.91. The van der Waals surface area contributed by atoms with Crippen LogP contribution in [0.5, 0.6) is 0 Å². The summed E-state index contributed by atoms with van der Waals surface area (Å²) in [6.07, 6.45) is 5.73. The van der Waals surface area contributed by atoms with Crippen LogP contribution < -0.4 is 10.2 Å². The van der Waals surface area contributed by atoms with E-state index in [2.05, 4.69) is 53.3 Å². The fourth-order valence-electron chi connectivity index (χ4n) is 4.14. The van der Waals surface area contributed by atoms with E-state index < -0.39 is 0 Å². The monoisotopic (exact) mass is 349 g/mol. The summed E-state index contributed by atoms with van der Waals surface area (Å²) in [7, 11) is 0. The highest BCUT2D eigenvalue weighted by Gasteiger charge is 2.51. The van der Waals surface area contributed by atoms with Gasteiger partial charge in [-0.1, -0.05) is 35.4 Å². The van der Waals surface area contributed by atoms with Crippen molar-refractivity contribution >= 4 is 11.7 Å². The van der Waals surface area contributed by atoms with Gasteiger partial charge in [0.2, 0.25) is 5.91 Å². The Morgan fingerprint density at radius 1 is 1.12 bits per heavy atom. The number of piperidine rings is 1. The second-order valence-electron chi connectivity index (χ2n) is 7.88. The molecule has 1 aliphatic carbocycles. The Hall–Kier alpha value is -2.36. The highest BCUT2D eigenvalue weighted by Crippen LogP contribution is 2.49. The van der Waals surface area contributed by atoms with Crippen LogP contribution in [-0.2, 0) is 10.2 Å². The van der Waals surface area contributed by atoms with Gasteiger partial charge in [0.25, 0.3) is 0 Å². The van der Waals surface area contributed by atoms with Crippen molar-refractivity contribution < 1.29 is 4.79 Å². The van der Waals surface area contributed by atoms with Crippen molar-refractivity contribution in [2.24, 2.45) is 0 Å². The maximum atomic E-state index is 13.0. The summed E-state index contributed by atoms with van der Waals surface area (Å²) in [5.74, 6) is 1.25. The standard InChI is InChI=1S/C22H27N3O/c1-16-13-17(2)15-18(14-16)22(8-9-22)21(26)24-19-6-11-25(12-7-19)20-5-3-4-10-23-20/h3-5,10,13-15,19H,6-9,11-12H2,1-2H3,(H,24,26). The molecule has 0 atom stereocenters. The molecular weight excluding hydrogens is 322 g/mol. The highest BCUT2D eigenvalue weighted by atomic mass is 16.2. The van der Waals surface area contributed by atoms with E-state index in [1.807, 2.05) is 18.3 Å². The van der Waals surface area contributed by atoms with Gasteiger partial charge >= 0.3 is 0 Å². The van der Waals surface area contributed by atoms with Gasteiger partial charge in [-0.3, -0.25) is 4.79 Å². The number of nitrogens with one attached hydrogen (secondary N) is 1. The van der Waals surface area contributed by atoms with Crippen LogP contribution in [0.1, 0.15) is 42.4 Å². The van der Waals surface area contributed by atoms with Crippen molar-refractivity contribution in [3.8, 4) is 0 Å². The molecule has 4 rings (SSSR count). The van der Waals surface area contributed by atoms with Gasteiger partial charge in [0, 0.05) is 25.3 Å². The van der Waals surface area contributed by atoms with E-state index in [0.717, 1.165) is 44.6 Å². The minimum Gasteiger partial charge on any atom is -0.356 e. The molecule has 0 radical (unpaired) electrons. The summed E-state index contributed by atoms with van der Waals surface area (Å²) in [6, 6.07) is 12.8. The number of aryl methyl sites for hydroxylation is 2. The van der Waals surface area contributed by atoms with Crippen LogP contribution in [0.3, 0.4) is 0 Å².